The van der Waals surface area contributed by atoms with Crippen molar-refractivity contribution < 1.29 is 32.4 Å². The molecule has 0 fully saturated rings. The van der Waals surface area contributed by atoms with Gasteiger partial charge in [-0.3, -0.25) is 4.79 Å². The van der Waals surface area contributed by atoms with Crippen LogP contribution in [-0.4, -0.2) is 28.6 Å². The van der Waals surface area contributed by atoms with Gasteiger partial charge in [-0.15, -0.1) is 13.2 Å². The van der Waals surface area contributed by atoms with Crippen LogP contribution >= 0.6 is 11.6 Å². The summed E-state index contributed by atoms with van der Waals surface area (Å²) < 4.78 is 44.2. The Morgan fingerprint density at radius 2 is 2.11 bits per heavy atom. The number of methoxy groups -OCH3 is 1. The Labute approximate surface area is 108 Å². The maximum Gasteiger partial charge on any atom is 0.573 e. The number of nitrogens with zero attached hydrogens (tertiary/aromatic N) is 2. The number of rotatable bonds is 4. The van der Waals surface area contributed by atoms with E-state index in [1.54, 1.807) is 0 Å². The summed E-state index contributed by atoms with van der Waals surface area (Å²) in [5.41, 5.74) is -0.841. The molecule has 0 N–H and O–H groups in total. The number of pyridine rings is 1. The van der Waals surface area contributed by atoms with Crippen molar-refractivity contribution in [3.63, 3.8) is 0 Å². The minimum absolute atomic E-state index is 0.437. The lowest BCUT2D eigenvalue weighted by Gasteiger charge is -2.10. The highest BCUT2D eigenvalue weighted by Crippen LogP contribution is 2.35. The number of hydrogen-bond acceptors (Lipinski definition) is 6. The van der Waals surface area contributed by atoms with E-state index in [0.717, 1.165) is 7.11 Å². The summed E-state index contributed by atoms with van der Waals surface area (Å²) >= 11 is 5.03. The molecule has 7 nitrogen and oxygen atoms in total. The molecule has 1 rings (SSSR count). The number of hydrogen-bond donors (Lipinski definition) is 0. The molecule has 0 spiro atoms. The minimum Gasteiger partial charge on any atom is -0.460 e. The lowest BCUT2D eigenvalue weighted by molar-refractivity contribution is -0.390. The van der Waals surface area contributed by atoms with E-state index < -0.39 is 39.5 Å². The van der Waals surface area contributed by atoms with Crippen LogP contribution in [-0.2, 0) is 0 Å². The van der Waals surface area contributed by atoms with Gasteiger partial charge in [-0.1, -0.05) is 0 Å². The molecule has 0 saturated heterocycles. The smallest absolute Gasteiger partial charge is 0.460 e. The van der Waals surface area contributed by atoms with Gasteiger partial charge in [0.15, 0.2) is 0 Å². The number of carbonyl (C=O) groups is 1. The first-order chi connectivity index (χ1) is 8.65. The molecule has 1 heterocycles. The Balaban J connectivity index is 3.44. The Hall–Kier alpha value is -2.10. The summed E-state index contributed by atoms with van der Waals surface area (Å²) in [6, 6.07) is 0.437. The molecule has 11 heteroatoms. The number of halogens is 4. The van der Waals surface area contributed by atoms with Gasteiger partial charge in [-0.2, -0.15) is 0 Å². The Morgan fingerprint density at radius 1 is 1.53 bits per heavy atom. The molecular weight excluding hydrogens is 297 g/mol. The fraction of sp³-hybridized carbons (Fsp3) is 0.250. The Kier molecular flexibility index (Phi) is 4.14. The van der Waals surface area contributed by atoms with E-state index in [1.807, 2.05) is 0 Å². The molecule has 1 aromatic rings. The van der Waals surface area contributed by atoms with E-state index in [-0.39, 0.29) is 0 Å². The van der Waals surface area contributed by atoms with Crippen molar-refractivity contribution in [2.24, 2.45) is 0 Å². The van der Waals surface area contributed by atoms with Crippen molar-refractivity contribution in [2.45, 2.75) is 6.36 Å². The van der Waals surface area contributed by atoms with Gasteiger partial charge < -0.3 is 19.6 Å². The molecule has 0 atom stereocenters. The first-order valence-electron chi connectivity index (χ1n) is 4.34. The molecule has 0 aliphatic heterocycles. The van der Waals surface area contributed by atoms with E-state index in [2.05, 4.69) is 14.5 Å². The Bertz CT molecular complexity index is 534. The van der Waals surface area contributed by atoms with E-state index in [9.17, 15) is 28.1 Å². The van der Waals surface area contributed by atoms with E-state index in [1.165, 1.54) is 0 Å². The zero-order chi connectivity index (χ0) is 14.8. The molecule has 0 bridgehead atoms. The first kappa shape index (κ1) is 15.0. The van der Waals surface area contributed by atoms with E-state index >= 15 is 0 Å². The standard InChI is InChI=1S/C8H4ClF3N2O5/c1-18-7-4(19-8(10,11)12)2-3(5(9)15)6(13-7)14(16)17/h2H,1H3. The highest BCUT2D eigenvalue weighted by molar-refractivity contribution is 6.68. The maximum atomic E-state index is 12.1. The van der Waals surface area contributed by atoms with Crippen molar-refractivity contribution in [3.05, 3.63) is 21.7 Å². The number of nitro groups is 1. The van der Waals surface area contributed by atoms with Crippen molar-refractivity contribution in [2.75, 3.05) is 7.11 Å². The monoisotopic (exact) mass is 300 g/mol. The van der Waals surface area contributed by atoms with Crippen LogP contribution in [0, 0.1) is 10.1 Å². The third kappa shape index (κ3) is 3.68. The van der Waals surface area contributed by atoms with Crippen LogP contribution < -0.4 is 9.47 Å². The molecule has 0 amide bonds. The van der Waals surface area contributed by atoms with Gasteiger partial charge in [0.25, 0.3) is 5.24 Å². The normalized spacial score (nSPS) is 11.0. The molecular formula is C8H4ClF3N2O5. The second kappa shape index (κ2) is 5.26. The zero-order valence-corrected chi connectivity index (χ0v) is 9.78. The van der Waals surface area contributed by atoms with Gasteiger partial charge in [0, 0.05) is 11.1 Å². The van der Waals surface area contributed by atoms with Crippen LogP contribution in [0.2, 0.25) is 0 Å². The van der Waals surface area contributed by atoms with Crippen LogP contribution in [0.4, 0.5) is 19.0 Å². The quantitative estimate of drug-likeness (QED) is 0.481. The number of aromatic nitrogens is 1. The molecule has 0 aliphatic rings. The summed E-state index contributed by atoms with van der Waals surface area (Å²) in [6.07, 6.45) is -5.09. The molecule has 0 aliphatic carbocycles. The molecule has 0 radical (unpaired) electrons. The number of alkyl halides is 3. The van der Waals surface area contributed by atoms with Crippen LogP contribution in [0.1, 0.15) is 10.4 Å². The van der Waals surface area contributed by atoms with Crippen LogP contribution in [0.15, 0.2) is 6.07 Å². The summed E-state index contributed by atoms with van der Waals surface area (Å²) in [5, 5.41) is 9.25. The lowest BCUT2D eigenvalue weighted by Crippen LogP contribution is -2.18. The summed E-state index contributed by atoms with van der Waals surface area (Å²) in [7, 11) is 0.928. The van der Waals surface area contributed by atoms with Gasteiger partial charge >= 0.3 is 18.1 Å². The predicted octanol–water partition coefficient (Wildman–Crippen LogP) is 2.28. The van der Waals surface area contributed by atoms with Gasteiger partial charge in [0.05, 0.1) is 7.11 Å². The van der Waals surface area contributed by atoms with Crippen molar-refractivity contribution in [1.82, 2.24) is 4.98 Å². The van der Waals surface area contributed by atoms with Crippen molar-refractivity contribution >= 4 is 22.7 Å². The van der Waals surface area contributed by atoms with Gasteiger partial charge in [0.1, 0.15) is 5.56 Å². The van der Waals surface area contributed by atoms with E-state index in [0.29, 0.717) is 6.07 Å². The lowest BCUT2D eigenvalue weighted by atomic mass is 10.2. The van der Waals surface area contributed by atoms with Crippen LogP contribution in [0.5, 0.6) is 11.6 Å². The highest BCUT2D eigenvalue weighted by Gasteiger charge is 2.36. The summed E-state index contributed by atoms with van der Waals surface area (Å²) in [4.78, 5) is 23.6. The zero-order valence-electron chi connectivity index (χ0n) is 9.02. The predicted molar refractivity (Wildman–Crippen MR) is 54.3 cm³/mol. The molecule has 0 aromatic carbocycles. The average Bonchev–Trinajstić information content (AvgIpc) is 2.25. The fourth-order valence-electron chi connectivity index (χ4n) is 1.10. The number of ether oxygens (including phenoxy) is 2. The van der Waals surface area contributed by atoms with Crippen molar-refractivity contribution in [1.29, 1.82) is 0 Å². The summed E-state index contributed by atoms with van der Waals surface area (Å²) in [5.74, 6) is -2.85. The highest BCUT2D eigenvalue weighted by atomic mass is 35.5. The van der Waals surface area contributed by atoms with Crippen LogP contribution in [0.3, 0.4) is 0 Å². The molecule has 104 valence electrons. The summed E-state index contributed by atoms with van der Waals surface area (Å²) in [6.45, 7) is 0. The second-order valence-corrected chi connectivity index (χ2v) is 3.29. The third-order valence-electron chi connectivity index (χ3n) is 1.74. The average molecular weight is 301 g/mol. The van der Waals surface area contributed by atoms with Gasteiger partial charge in [0.2, 0.25) is 5.75 Å². The second-order valence-electron chi connectivity index (χ2n) is 2.95. The molecule has 1 aromatic heterocycles. The van der Waals surface area contributed by atoms with Crippen molar-refractivity contribution in [3.8, 4) is 11.6 Å². The maximum absolute atomic E-state index is 12.1. The molecule has 0 saturated carbocycles. The molecule has 19 heavy (non-hydrogen) atoms. The minimum atomic E-state index is -5.09. The fourth-order valence-corrected chi connectivity index (χ4v) is 1.24. The van der Waals surface area contributed by atoms with Gasteiger partial charge in [-0.05, 0) is 16.5 Å². The Morgan fingerprint density at radius 3 is 2.47 bits per heavy atom. The van der Waals surface area contributed by atoms with Crippen LogP contribution in [0.25, 0.3) is 0 Å². The van der Waals surface area contributed by atoms with E-state index in [4.69, 9.17) is 11.6 Å². The largest absolute Gasteiger partial charge is 0.573 e. The topological polar surface area (TPSA) is 91.6 Å². The SMILES string of the molecule is COc1nc([N+](=O)[O-])c(C(=O)Cl)cc1OC(F)(F)F. The third-order valence-corrected chi connectivity index (χ3v) is 1.94. The first-order valence-corrected chi connectivity index (χ1v) is 4.72. The van der Waals surface area contributed by atoms with Gasteiger partial charge in [-0.25, -0.2) is 0 Å². The number of carbonyl (C=O) groups excluding carboxylic acids is 1. The molecule has 0 unspecified atom stereocenters.